The van der Waals surface area contributed by atoms with Gasteiger partial charge in [0.05, 0.1) is 17.0 Å². The molecule has 0 fully saturated rings. The Balaban J connectivity index is 1.55. The molecular weight excluding hydrogens is 426 g/mol. The van der Waals surface area contributed by atoms with Gasteiger partial charge in [0.15, 0.2) is 0 Å². The summed E-state index contributed by atoms with van der Waals surface area (Å²) in [7, 11) is -3.75. The second kappa shape index (κ2) is 9.08. The summed E-state index contributed by atoms with van der Waals surface area (Å²) < 4.78 is 23.5. The number of nitrogens with one attached hydrogen (secondary N) is 1. The van der Waals surface area contributed by atoms with Gasteiger partial charge in [-0.1, -0.05) is 35.5 Å². The fraction of sp³-hybridized carbons (Fsp3) is 0.200. The molecule has 29 heavy (non-hydrogen) atoms. The van der Waals surface area contributed by atoms with Crippen molar-refractivity contribution >= 4 is 44.7 Å². The van der Waals surface area contributed by atoms with Crippen LogP contribution in [0.5, 0.6) is 0 Å². The number of nitrogens with zero attached hydrogens (tertiary/aromatic N) is 1. The first-order valence-corrected chi connectivity index (χ1v) is 12.2. The number of anilines is 1. The average molecular weight is 448 g/mol. The van der Waals surface area contributed by atoms with Gasteiger partial charge in [0.25, 0.3) is 0 Å². The summed E-state index contributed by atoms with van der Waals surface area (Å²) in [6.45, 7) is 4.18. The van der Waals surface area contributed by atoms with Gasteiger partial charge in [-0.25, -0.2) is 18.5 Å². The lowest BCUT2D eigenvalue weighted by molar-refractivity contribution is -0.115. The SMILES string of the molecule is Cc1ccc(C)c(CSc2nc(CC(=O)Nc3ccc(S(N)(=O)=O)cc3)cs2)c1. The minimum Gasteiger partial charge on any atom is -0.326 e. The maximum atomic E-state index is 12.2. The Bertz CT molecular complexity index is 1120. The molecule has 2 aromatic carbocycles. The third-order valence-electron chi connectivity index (χ3n) is 4.19. The van der Waals surface area contributed by atoms with Gasteiger partial charge in [-0.2, -0.15) is 0 Å². The van der Waals surface area contributed by atoms with Crippen LogP contribution in [0, 0.1) is 13.8 Å². The van der Waals surface area contributed by atoms with Crippen LogP contribution in [0.4, 0.5) is 5.69 Å². The Labute approximate surface area is 178 Å². The highest BCUT2D eigenvalue weighted by atomic mass is 32.2. The van der Waals surface area contributed by atoms with Crippen LogP contribution >= 0.6 is 23.1 Å². The number of carbonyl (C=O) groups excluding carboxylic acids is 1. The molecule has 9 heteroatoms. The van der Waals surface area contributed by atoms with Crippen molar-refractivity contribution in [2.75, 3.05) is 5.32 Å². The molecule has 0 aliphatic carbocycles. The molecule has 0 saturated carbocycles. The second-order valence-corrected chi connectivity index (χ2v) is 10.3. The number of thioether (sulfide) groups is 1. The number of rotatable bonds is 7. The summed E-state index contributed by atoms with van der Waals surface area (Å²) in [4.78, 5) is 16.8. The molecule has 0 bridgehead atoms. The fourth-order valence-corrected chi connectivity index (χ4v) is 5.05. The maximum Gasteiger partial charge on any atom is 0.238 e. The number of aromatic nitrogens is 1. The summed E-state index contributed by atoms with van der Waals surface area (Å²) >= 11 is 3.18. The van der Waals surface area contributed by atoms with Crippen molar-refractivity contribution in [1.29, 1.82) is 0 Å². The van der Waals surface area contributed by atoms with Gasteiger partial charge in [-0.3, -0.25) is 4.79 Å². The quantitative estimate of drug-likeness (QED) is 0.535. The predicted molar refractivity (Wildman–Crippen MR) is 118 cm³/mol. The van der Waals surface area contributed by atoms with Crippen LogP contribution < -0.4 is 10.5 Å². The van der Waals surface area contributed by atoms with Crippen LogP contribution in [-0.4, -0.2) is 19.3 Å². The first kappa shape index (κ1) is 21.5. The normalized spacial score (nSPS) is 11.4. The maximum absolute atomic E-state index is 12.2. The number of nitrogens with two attached hydrogens (primary N) is 1. The number of aryl methyl sites for hydroxylation is 2. The largest absolute Gasteiger partial charge is 0.326 e. The highest BCUT2D eigenvalue weighted by molar-refractivity contribution is 8.00. The summed E-state index contributed by atoms with van der Waals surface area (Å²) in [6, 6.07) is 12.1. The molecule has 6 nitrogen and oxygen atoms in total. The number of sulfonamides is 1. The third-order valence-corrected chi connectivity index (χ3v) is 7.24. The Hall–Kier alpha value is -2.20. The molecule has 1 heterocycles. The van der Waals surface area contributed by atoms with E-state index in [4.69, 9.17) is 5.14 Å². The van der Waals surface area contributed by atoms with E-state index < -0.39 is 10.0 Å². The number of benzene rings is 2. The lowest BCUT2D eigenvalue weighted by atomic mass is 10.1. The molecule has 0 unspecified atom stereocenters. The van der Waals surface area contributed by atoms with E-state index in [0.717, 1.165) is 10.1 Å². The van der Waals surface area contributed by atoms with E-state index in [9.17, 15) is 13.2 Å². The lowest BCUT2D eigenvalue weighted by Crippen LogP contribution is -2.15. The second-order valence-electron chi connectivity index (χ2n) is 6.62. The number of hydrogen-bond acceptors (Lipinski definition) is 6. The van der Waals surface area contributed by atoms with Crippen molar-refractivity contribution in [2.24, 2.45) is 5.14 Å². The molecule has 1 amide bonds. The van der Waals surface area contributed by atoms with Crippen molar-refractivity contribution < 1.29 is 13.2 Å². The predicted octanol–water partition coefficient (Wildman–Crippen LogP) is 3.88. The summed E-state index contributed by atoms with van der Waals surface area (Å²) in [5.41, 5.74) is 4.99. The molecule has 0 saturated heterocycles. The average Bonchev–Trinajstić information content (AvgIpc) is 3.09. The first-order chi connectivity index (χ1) is 13.7. The standard InChI is InChI=1S/C20H21N3O3S3/c1-13-3-4-14(2)15(9-13)11-27-20-23-17(12-28-20)10-19(24)22-16-5-7-18(8-6-16)29(21,25)26/h3-9,12H,10-11H2,1-2H3,(H,22,24)(H2,21,25,26). The van der Waals surface area contributed by atoms with E-state index in [-0.39, 0.29) is 17.2 Å². The van der Waals surface area contributed by atoms with Crippen LogP contribution in [0.25, 0.3) is 0 Å². The van der Waals surface area contributed by atoms with Crippen LogP contribution in [0.2, 0.25) is 0 Å². The summed E-state index contributed by atoms with van der Waals surface area (Å²) in [5, 5.41) is 9.68. The van der Waals surface area contributed by atoms with Crippen LogP contribution in [0.1, 0.15) is 22.4 Å². The zero-order valence-corrected chi connectivity index (χ0v) is 18.5. The lowest BCUT2D eigenvalue weighted by Gasteiger charge is -2.06. The van der Waals surface area contributed by atoms with Crippen molar-refractivity contribution in [1.82, 2.24) is 4.98 Å². The third kappa shape index (κ3) is 6.14. The number of amides is 1. The van der Waals surface area contributed by atoms with Crippen molar-refractivity contribution in [2.45, 2.75) is 35.3 Å². The van der Waals surface area contributed by atoms with Gasteiger partial charge < -0.3 is 5.32 Å². The smallest absolute Gasteiger partial charge is 0.238 e. The van der Waals surface area contributed by atoms with Crippen LogP contribution in [0.3, 0.4) is 0 Å². The number of carbonyl (C=O) groups is 1. The molecule has 3 rings (SSSR count). The van der Waals surface area contributed by atoms with E-state index in [2.05, 4.69) is 42.3 Å². The van der Waals surface area contributed by atoms with E-state index in [0.29, 0.717) is 11.4 Å². The molecule has 0 aliphatic rings. The van der Waals surface area contributed by atoms with Gasteiger partial charge in [-0.15, -0.1) is 11.3 Å². The minimum atomic E-state index is -3.75. The minimum absolute atomic E-state index is 0.000475. The number of primary sulfonamides is 1. The molecule has 0 atom stereocenters. The molecule has 1 aromatic heterocycles. The number of hydrogen-bond donors (Lipinski definition) is 2. The highest BCUT2D eigenvalue weighted by Crippen LogP contribution is 2.28. The van der Waals surface area contributed by atoms with Crippen LogP contribution in [0.15, 0.2) is 57.1 Å². The van der Waals surface area contributed by atoms with Gasteiger partial charge >= 0.3 is 0 Å². The zero-order chi connectivity index (χ0) is 21.0. The molecule has 0 spiro atoms. The molecule has 0 radical (unpaired) electrons. The van der Waals surface area contributed by atoms with Gasteiger partial charge in [-0.05, 0) is 49.2 Å². The molecular formula is C20H21N3O3S3. The van der Waals surface area contributed by atoms with E-state index in [1.54, 1.807) is 11.8 Å². The monoisotopic (exact) mass is 447 g/mol. The highest BCUT2D eigenvalue weighted by Gasteiger charge is 2.11. The Kier molecular flexibility index (Phi) is 6.74. The number of thiazole rings is 1. The van der Waals surface area contributed by atoms with Gasteiger partial charge in [0.1, 0.15) is 4.34 Å². The molecule has 3 N–H and O–H groups in total. The van der Waals surface area contributed by atoms with Gasteiger partial charge in [0.2, 0.25) is 15.9 Å². The fourth-order valence-electron chi connectivity index (χ4n) is 2.63. The Morgan fingerprint density at radius 3 is 2.59 bits per heavy atom. The summed E-state index contributed by atoms with van der Waals surface area (Å²) in [5.74, 6) is 0.619. The Morgan fingerprint density at radius 2 is 1.90 bits per heavy atom. The molecule has 0 aliphatic heterocycles. The van der Waals surface area contributed by atoms with Crippen molar-refractivity contribution in [3.05, 3.63) is 70.2 Å². The van der Waals surface area contributed by atoms with E-state index in [1.165, 1.54) is 52.3 Å². The van der Waals surface area contributed by atoms with E-state index >= 15 is 0 Å². The molecule has 3 aromatic rings. The Morgan fingerprint density at radius 1 is 1.17 bits per heavy atom. The topological polar surface area (TPSA) is 102 Å². The summed E-state index contributed by atoms with van der Waals surface area (Å²) in [6.07, 6.45) is 0.150. The van der Waals surface area contributed by atoms with Crippen molar-refractivity contribution in [3.63, 3.8) is 0 Å². The van der Waals surface area contributed by atoms with Crippen molar-refractivity contribution in [3.8, 4) is 0 Å². The van der Waals surface area contributed by atoms with Gasteiger partial charge in [0, 0.05) is 16.8 Å². The molecule has 152 valence electrons. The van der Waals surface area contributed by atoms with E-state index in [1.807, 2.05) is 5.38 Å². The zero-order valence-electron chi connectivity index (χ0n) is 16.0. The van der Waals surface area contributed by atoms with Crippen LogP contribution in [-0.2, 0) is 27.0 Å². The first-order valence-electron chi connectivity index (χ1n) is 8.77.